The number of hydrogen-bond donors (Lipinski definition) is 5. The van der Waals surface area contributed by atoms with Crippen LogP contribution in [0, 0.1) is 6.92 Å². The molecule has 1 atom stereocenters. The van der Waals surface area contributed by atoms with Crippen LogP contribution in [0.25, 0.3) is 11.0 Å². The monoisotopic (exact) mass is 421 g/mol. The molecule has 0 radical (unpaired) electrons. The van der Waals surface area contributed by atoms with Crippen molar-refractivity contribution in [3.8, 4) is 0 Å². The van der Waals surface area contributed by atoms with Gasteiger partial charge >= 0.3 is 11.6 Å². The van der Waals surface area contributed by atoms with Crippen LogP contribution >= 0.6 is 24.8 Å². The van der Waals surface area contributed by atoms with Crippen LogP contribution in [-0.4, -0.2) is 29.6 Å². The third-order valence-electron chi connectivity index (χ3n) is 3.26. The number of aliphatic carboxylic acids is 1. The SMILES string of the molecule is Cc1cc(=O)oc2cc(N)ccc12.Cl.Cl.NC(N)=NCCCC(N)C(=O)O. The summed E-state index contributed by atoms with van der Waals surface area (Å²) in [6.45, 7) is 2.29. The highest BCUT2D eigenvalue weighted by Gasteiger charge is 2.09. The Morgan fingerprint density at radius 2 is 1.89 bits per heavy atom. The summed E-state index contributed by atoms with van der Waals surface area (Å²) < 4.78 is 4.99. The fourth-order valence-electron chi connectivity index (χ4n) is 1.98. The van der Waals surface area contributed by atoms with E-state index in [0.29, 0.717) is 30.7 Å². The number of aryl methyl sites for hydroxylation is 1. The maximum absolute atomic E-state index is 11.0. The fraction of sp³-hybridized carbons (Fsp3) is 0.312. The number of benzene rings is 1. The lowest BCUT2D eigenvalue weighted by Gasteiger charge is -2.03. The molecule has 0 amide bonds. The van der Waals surface area contributed by atoms with Gasteiger partial charge in [0.15, 0.2) is 5.96 Å². The van der Waals surface area contributed by atoms with Gasteiger partial charge in [0.25, 0.3) is 0 Å². The van der Waals surface area contributed by atoms with Crippen LogP contribution in [0.4, 0.5) is 5.69 Å². The molecule has 0 aliphatic rings. The molecule has 2 aromatic rings. The highest BCUT2D eigenvalue weighted by atomic mass is 35.5. The predicted molar refractivity (Wildman–Crippen MR) is 112 cm³/mol. The topological polar surface area (TPSA) is 184 Å². The first-order valence-electron chi connectivity index (χ1n) is 7.54. The number of fused-ring (bicyclic) bond motifs is 1. The molecule has 0 saturated heterocycles. The standard InChI is InChI=1S/C10H9NO2.C6H14N4O2.2ClH/c1-6-4-10(12)13-9-5-7(11)2-3-8(6)9;7-4(5(11)12)2-1-3-10-6(8)9;;/h2-5H,11H2,1H3;4H,1-3,7H2,(H,11,12)(H4,8,9,10);2*1H. The van der Waals surface area contributed by atoms with E-state index >= 15 is 0 Å². The number of rotatable bonds is 5. The van der Waals surface area contributed by atoms with Gasteiger partial charge in [-0.05, 0) is 37.5 Å². The average molecular weight is 422 g/mol. The zero-order valence-electron chi connectivity index (χ0n) is 14.8. The molecule has 152 valence electrons. The first kappa shape index (κ1) is 26.7. The van der Waals surface area contributed by atoms with Gasteiger partial charge in [-0.15, -0.1) is 24.8 Å². The predicted octanol–water partition coefficient (Wildman–Crippen LogP) is 0.979. The number of nitrogens with zero attached hydrogens (tertiary/aromatic N) is 1. The first-order valence-corrected chi connectivity index (χ1v) is 7.54. The summed E-state index contributed by atoms with van der Waals surface area (Å²) in [5, 5.41) is 9.31. The number of carbonyl (C=O) groups is 1. The van der Waals surface area contributed by atoms with Crippen LogP contribution in [0.3, 0.4) is 0 Å². The second-order valence-corrected chi connectivity index (χ2v) is 5.40. The van der Waals surface area contributed by atoms with Crippen molar-refractivity contribution in [2.24, 2.45) is 22.2 Å². The van der Waals surface area contributed by atoms with Gasteiger partial charge in [-0.1, -0.05) is 0 Å². The molecule has 9 nitrogen and oxygen atoms in total. The number of anilines is 1. The zero-order chi connectivity index (χ0) is 19.0. The van der Waals surface area contributed by atoms with E-state index in [1.807, 2.05) is 13.0 Å². The summed E-state index contributed by atoms with van der Waals surface area (Å²) >= 11 is 0. The lowest BCUT2D eigenvalue weighted by molar-refractivity contribution is -0.138. The third-order valence-corrected chi connectivity index (χ3v) is 3.26. The molecule has 1 unspecified atom stereocenters. The van der Waals surface area contributed by atoms with Crippen molar-refractivity contribution in [3.05, 3.63) is 40.2 Å². The molecule has 0 fully saturated rings. The summed E-state index contributed by atoms with van der Waals surface area (Å²) in [7, 11) is 0. The van der Waals surface area contributed by atoms with Gasteiger partial charge in [0, 0.05) is 29.8 Å². The average Bonchev–Trinajstić information content (AvgIpc) is 2.50. The molecule has 0 spiro atoms. The van der Waals surface area contributed by atoms with Gasteiger partial charge in [0.1, 0.15) is 11.6 Å². The minimum atomic E-state index is -1.00. The molecule has 9 N–H and O–H groups in total. The first-order chi connectivity index (χ1) is 11.7. The second kappa shape index (κ2) is 12.8. The normalized spacial score (nSPS) is 10.4. The highest BCUT2D eigenvalue weighted by Crippen LogP contribution is 2.18. The van der Waals surface area contributed by atoms with Crippen LogP contribution in [-0.2, 0) is 4.79 Å². The van der Waals surface area contributed by atoms with Gasteiger partial charge < -0.3 is 32.5 Å². The molecule has 2 rings (SSSR count). The zero-order valence-corrected chi connectivity index (χ0v) is 16.4. The van der Waals surface area contributed by atoms with E-state index in [4.69, 9.17) is 32.5 Å². The summed E-state index contributed by atoms with van der Waals surface area (Å²) in [5.41, 5.74) is 22.6. The van der Waals surface area contributed by atoms with Crippen LogP contribution < -0.4 is 28.6 Å². The molecule has 0 aliphatic carbocycles. The Balaban J connectivity index is 0. The van der Waals surface area contributed by atoms with E-state index in [0.717, 1.165) is 10.9 Å². The molecule has 0 saturated carbocycles. The Kier molecular flexibility index (Phi) is 12.7. The summed E-state index contributed by atoms with van der Waals surface area (Å²) in [5.74, 6) is -0.987. The molecule has 0 bridgehead atoms. The highest BCUT2D eigenvalue weighted by molar-refractivity contribution is 5.85. The molecule has 0 aliphatic heterocycles. The van der Waals surface area contributed by atoms with Crippen molar-refractivity contribution in [3.63, 3.8) is 0 Å². The number of carboxylic acids is 1. The largest absolute Gasteiger partial charge is 0.480 e. The van der Waals surface area contributed by atoms with Crippen LogP contribution in [0.5, 0.6) is 0 Å². The van der Waals surface area contributed by atoms with Gasteiger partial charge in [-0.3, -0.25) is 9.79 Å². The molecule has 1 aromatic heterocycles. The van der Waals surface area contributed by atoms with Gasteiger partial charge in [-0.2, -0.15) is 0 Å². The number of nitrogen functional groups attached to an aromatic ring is 1. The van der Waals surface area contributed by atoms with Crippen LogP contribution in [0.1, 0.15) is 18.4 Å². The summed E-state index contributed by atoms with van der Waals surface area (Å²) in [6.07, 6.45) is 0.956. The molecular formula is C16H25Cl2N5O4. The van der Waals surface area contributed by atoms with E-state index in [1.165, 1.54) is 6.07 Å². The number of nitrogens with two attached hydrogens (primary N) is 4. The number of hydrogen-bond acceptors (Lipinski definition) is 6. The van der Waals surface area contributed by atoms with Crippen molar-refractivity contribution < 1.29 is 14.3 Å². The van der Waals surface area contributed by atoms with E-state index in [9.17, 15) is 9.59 Å². The molecular weight excluding hydrogens is 397 g/mol. The van der Waals surface area contributed by atoms with Crippen LogP contribution in [0.2, 0.25) is 0 Å². The lowest BCUT2D eigenvalue weighted by atomic mass is 10.1. The quantitative estimate of drug-likeness (QED) is 0.155. The lowest BCUT2D eigenvalue weighted by Crippen LogP contribution is -2.30. The minimum absolute atomic E-state index is 0. The smallest absolute Gasteiger partial charge is 0.336 e. The number of aliphatic imine (C=N–C) groups is 1. The van der Waals surface area contributed by atoms with Crippen molar-refractivity contribution in [2.75, 3.05) is 12.3 Å². The third kappa shape index (κ3) is 9.69. The molecule has 27 heavy (non-hydrogen) atoms. The molecule has 1 aromatic carbocycles. The molecule has 1 heterocycles. The Labute approximate surface area is 168 Å². The Hall–Kier alpha value is -2.49. The van der Waals surface area contributed by atoms with E-state index < -0.39 is 12.0 Å². The van der Waals surface area contributed by atoms with Gasteiger partial charge in [0.2, 0.25) is 0 Å². The van der Waals surface area contributed by atoms with E-state index in [1.54, 1.807) is 12.1 Å². The van der Waals surface area contributed by atoms with Crippen LogP contribution in [0.15, 0.2) is 38.5 Å². The second-order valence-electron chi connectivity index (χ2n) is 5.40. The maximum atomic E-state index is 11.0. The van der Waals surface area contributed by atoms with E-state index in [2.05, 4.69) is 4.99 Å². The minimum Gasteiger partial charge on any atom is -0.480 e. The Morgan fingerprint density at radius 1 is 1.26 bits per heavy atom. The Bertz CT molecular complexity index is 822. The van der Waals surface area contributed by atoms with Crippen molar-refractivity contribution >= 4 is 53.4 Å². The van der Waals surface area contributed by atoms with Crippen molar-refractivity contribution in [1.29, 1.82) is 0 Å². The number of guanidine groups is 1. The maximum Gasteiger partial charge on any atom is 0.336 e. The van der Waals surface area contributed by atoms with Gasteiger partial charge in [0.05, 0.1) is 0 Å². The fourth-order valence-corrected chi connectivity index (χ4v) is 1.98. The van der Waals surface area contributed by atoms with Gasteiger partial charge in [-0.25, -0.2) is 4.79 Å². The van der Waals surface area contributed by atoms with Crippen molar-refractivity contribution in [2.45, 2.75) is 25.8 Å². The van der Waals surface area contributed by atoms with Crippen molar-refractivity contribution in [1.82, 2.24) is 0 Å². The summed E-state index contributed by atoms with van der Waals surface area (Å²) in [6, 6.07) is 5.94. The van der Waals surface area contributed by atoms with E-state index in [-0.39, 0.29) is 36.4 Å². The molecule has 11 heteroatoms. The number of carboxylic acid groups (broad SMARTS) is 1. The summed E-state index contributed by atoms with van der Waals surface area (Å²) in [4.78, 5) is 24.9. The number of halogens is 2. The Morgan fingerprint density at radius 3 is 2.44 bits per heavy atom.